The van der Waals surface area contributed by atoms with E-state index in [0.717, 1.165) is 42.6 Å². The van der Waals surface area contributed by atoms with E-state index in [0.29, 0.717) is 5.75 Å². The lowest BCUT2D eigenvalue weighted by atomic mass is 10.2. The number of thioether (sulfide) groups is 1. The largest absolute Gasteiger partial charge is 0.378 e. The van der Waals surface area contributed by atoms with Crippen LogP contribution in [0.5, 0.6) is 0 Å². The van der Waals surface area contributed by atoms with Crippen molar-refractivity contribution < 1.29 is 9.53 Å². The minimum Gasteiger partial charge on any atom is -0.378 e. The Balaban J connectivity index is 1.64. The molecule has 1 heterocycles. The van der Waals surface area contributed by atoms with Crippen LogP contribution < -0.4 is 10.2 Å². The Kier molecular flexibility index (Phi) is 6.00. The lowest BCUT2D eigenvalue weighted by Crippen LogP contribution is -2.36. The molecule has 1 fully saturated rings. The first-order valence-corrected chi connectivity index (χ1v) is 9.53. The first kappa shape index (κ1) is 17.8. The van der Waals surface area contributed by atoms with Gasteiger partial charge in [0, 0.05) is 18.0 Å². The summed E-state index contributed by atoms with van der Waals surface area (Å²) in [4.78, 5) is 15.9. The molecule has 3 rings (SSSR count). The second-order valence-electron chi connectivity index (χ2n) is 6.22. The van der Waals surface area contributed by atoms with Crippen LogP contribution in [0.3, 0.4) is 0 Å². The van der Waals surface area contributed by atoms with Crippen LogP contribution in [0.15, 0.2) is 47.4 Å². The number of carbonyl (C=O) groups excluding carboxylic acids is 1. The molecule has 0 radical (unpaired) electrons. The van der Waals surface area contributed by atoms with Gasteiger partial charge in [0.15, 0.2) is 0 Å². The van der Waals surface area contributed by atoms with Gasteiger partial charge >= 0.3 is 0 Å². The fraction of sp³-hybridized carbons (Fsp3) is 0.350. The molecule has 132 valence electrons. The molecule has 0 spiro atoms. The number of anilines is 2. The van der Waals surface area contributed by atoms with Crippen LogP contribution in [-0.2, 0) is 9.53 Å². The molecule has 5 heteroatoms. The minimum atomic E-state index is 0.0200. The highest BCUT2D eigenvalue weighted by molar-refractivity contribution is 8.00. The number of amides is 1. The molecule has 1 amide bonds. The lowest BCUT2D eigenvalue weighted by Gasteiger charge is -2.30. The monoisotopic (exact) mass is 356 g/mol. The number of hydrogen-bond acceptors (Lipinski definition) is 4. The van der Waals surface area contributed by atoms with Crippen LogP contribution in [0.4, 0.5) is 11.4 Å². The minimum absolute atomic E-state index is 0.0200. The standard InChI is InChI=1S/C20H24N2O2S/c1-15-7-8-16(2)19(13-15)25-14-20(23)21-17-5-3-4-6-18(17)22-9-11-24-12-10-22/h3-8,13H,9-12,14H2,1-2H3,(H,21,23). The molecule has 1 aliphatic rings. The summed E-state index contributed by atoms with van der Waals surface area (Å²) in [6, 6.07) is 14.3. The number of nitrogens with zero attached hydrogens (tertiary/aromatic N) is 1. The molecule has 2 aromatic carbocycles. The molecule has 1 aliphatic heterocycles. The zero-order valence-electron chi connectivity index (χ0n) is 14.7. The van der Waals surface area contributed by atoms with Gasteiger partial charge in [-0.1, -0.05) is 29.8 Å². The first-order valence-electron chi connectivity index (χ1n) is 8.55. The average Bonchev–Trinajstić information content (AvgIpc) is 2.64. The van der Waals surface area contributed by atoms with Crippen molar-refractivity contribution in [3.05, 3.63) is 53.6 Å². The van der Waals surface area contributed by atoms with Gasteiger partial charge in [-0.2, -0.15) is 0 Å². The molecule has 1 N–H and O–H groups in total. The van der Waals surface area contributed by atoms with E-state index in [9.17, 15) is 4.79 Å². The fourth-order valence-corrected chi connectivity index (χ4v) is 3.78. The van der Waals surface area contributed by atoms with E-state index in [4.69, 9.17) is 4.74 Å². The molecule has 1 saturated heterocycles. The number of carbonyl (C=O) groups is 1. The Bertz CT molecular complexity index is 742. The van der Waals surface area contributed by atoms with Gasteiger partial charge in [-0.25, -0.2) is 0 Å². The summed E-state index contributed by atoms with van der Waals surface area (Å²) in [6.45, 7) is 7.30. The number of para-hydroxylation sites is 2. The molecule has 0 aromatic heterocycles. The molecule has 0 aliphatic carbocycles. The van der Waals surface area contributed by atoms with E-state index in [1.54, 1.807) is 11.8 Å². The topological polar surface area (TPSA) is 41.6 Å². The van der Waals surface area contributed by atoms with E-state index in [2.05, 4.69) is 48.3 Å². The second kappa shape index (κ2) is 8.41. The number of rotatable bonds is 5. The van der Waals surface area contributed by atoms with E-state index in [-0.39, 0.29) is 5.91 Å². The summed E-state index contributed by atoms with van der Waals surface area (Å²) in [6.07, 6.45) is 0. The summed E-state index contributed by atoms with van der Waals surface area (Å²) >= 11 is 1.58. The van der Waals surface area contributed by atoms with E-state index < -0.39 is 0 Å². The first-order chi connectivity index (χ1) is 12.1. The van der Waals surface area contributed by atoms with Crippen LogP contribution in [0, 0.1) is 13.8 Å². The van der Waals surface area contributed by atoms with E-state index in [1.807, 2.05) is 18.2 Å². The van der Waals surface area contributed by atoms with Crippen LogP contribution in [-0.4, -0.2) is 38.0 Å². The van der Waals surface area contributed by atoms with Gasteiger partial charge in [0.25, 0.3) is 0 Å². The van der Waals surface area contributed by atoms with E-state index >= 15 is 0 Å². The predicted molar refractivity (Wildman–Crippen MR) is 105 cm³/mol. The molecule has 4 nitrogen and oxygen atoms in total. The Labute approximate surface area is 153 Å². The van der Waals surface area contributed by atoms with Crippen molar-refractivity contribution in [1.82, 2.24) is 0 Å². The Morgan fingerprint density at radius 3 is 2.72 bits per heavy atom. The van der Waals surface area contributed by atoms with Gasteiger partial charge in [0.2, 0.25) is 5.91 Å². The summed E-state index contributed by atoms with van der Waals surface area (Å²) in [5, 5.41) is 3.07. The van der Waals surface area contributed by atoms with Crippen molar-refractivity contribution >= 4 is 29.0 Å². The van der Waals surface area contributed by atoms with E-state index in [1.165, 1.54) is 11.1 Å². The van der Waals surface area contributed by atoms with Gasteiger partial charge in [0.05, 0.1) is 30.3 Å². The third-order valence-corrected chi connectivity index (χ3v) is 5.39. The highest BCUT2D eigenvalue weighted by Gasteiger charge is 2.15. The third kappa shape index (κ3) is 4.77. The number of benzene rings is 2. The summed E-state index contributed by atoms with van der Waals surface area (Å²) in [7, 11) is 0. The molecular weight excluding hydrogens is 332 g/mol. The summed E-state index contributed by atoms with van der Waals surface area (Å²) < 4.78 is 5.42. The van der Waals surface area contributed by atoms with Crippen molar-refractivity contribution in [2.45, 2.75) is 18.7 Å². The van der Waals surface area contributed by atoms with Crippen molar-refractivity contribution in [3.63, 3.8) is 0 Å². The predicted octanol–water partition coefficient (Wildman–Crippen LogP) is 3.87. The van der Waals surface area contributed by atoms with Crippen molar-refractivity contribution in [1.29, 1.82) is 0 Å². The Morgan fingerprint density at radius 2 is 1.92 bits per heavy atom. The van der Waals surface area contributed by atoms with Crippen molar-refractivity contribution in [3.8, 4) is 0 Å². The SMILES string of the molecule is Cc1ccc(C)c(SCC(=O)Nc2ccccc2N2CCOCC2)c1. The lowest BCUT2D eigenvalue weighted by molar-refractivity contribution is -0.113. The Hall–Kier alpha value is -1.98. The summed E-state index contributed by atoms with van der Waals surface area (Å²) in [5.41, 5.74) is 4.36. The highest BCUT2D eigenvalue weighted by Crippen LogP contribution is 2.28. The van der Waals surface area contributed by atoms with Crippen molar-refractivity contribution in [2.75, 3.05) is 42.3 Å². The Morgan fingerprint density at radius 1 is 1.16 bits per heavy atom. The average molecular weight is 356 g/mol. The van der Waals surface area contributed by atoms with Gasteiger partial charge in [0.1, 0.15) is 0 Å². The number of ether oxygens (including phenoxy) is 1. The maximum atomic E-state index is 12.4. The molecule has 0 saturated carbocycles. The van der Waals surface area contributed by atoms with Gasteiger partial charge in [-0.05, 0) is 37.6 Å². The maximum absolute atomic E-state index is 12.4. The molecule has 0 atom stereocenters. The summed E-state index contributed by atoms with van der Waals surface area (Å²) in [5.74, 6) is 0.425. The molecule has 0 unspecified atom stereocenters. The third-order valence-electron chi connectivity index (χ3n) is 4.23. The molecular formula is C20H24N2O2S. The van der Waals surface area contributed by atoms with Crippen LogP contribution in [0.25, 0.3) is 0 Å². The number of nitrogens with one attached hydrogen (secondary N) is 1. The number of hydrogen-bond donors (Lipinski definition) is 1. The van der Waals surface area contributed by atoms with Gasteiger partial charge in [-0.15, -0.1) is 11.8 Å². The van der Waals surface area contributed by atoms with Crippen LogP contribution in [0.2, 0.25) is 0 Å². The fourth-order valence-electron chi connectivity index (χ4n) is 2.85. The molecule has 0 bridgehead atoms. The zero-order valence-corrected chi connectivity index (χ0v) is 15.6. The smallest absolute Gasteiger partial charge is 0.234 e. The van der Waals surface area contributed by atoms with Crippen LogP contribution in [0.1, 0.15) is 11.1 Å². The second-order valence-corrected chi connectivity index (χ2v) is 7.24. The maximum Gasteiger partial charge on any atom is 0.234 e. The molecule has 2 aromatic rings. The van der Waals surface area contributed by atoms with Gasteiger partial charge in [-0.3, -0.25) is 4.79 Å². The number of aryl methyl sites for hydroxylation is 2. The van der Waals surface area contributed by atoms with Crippen LogP contribution >= 0.6 is 11.8 Å². The van der Waals surface area contributed by atoms with Gasteiger partial charge < -0.3 is 15.0 Å². The quantitative estimate of drug-likeness (QED) is 0.826. The molecule has 25 heavy (non-hydrogen) atoms. The highest BCUT2D eigenvalue weighted by atomic mass is 32.2. The normalized spacial score (nSPS) is 14.4. The zero-order chi connectivity index (χ0) is 17.6. The van der Waals surface area contributed by atoms with Crippen molar-refractivity contribution in [2.24, 2.45) is 0 Å². The number of morpholine rings is 1.